The maximum atomic E-state index is 12.7. The number of hydrogen-bond acceptors (Lipinski definition) is 4. The molecule has 30 heavy (non-hydrogen) atoms. The fourth-order valence-electron chi connectivity index (χ4n) is 4.43. The molecule has 2 saturated heterocycles. The summed E-state index contributed by atoms with van der Waals surface area (Å²) < 4.78 is 5.16. The zero-order valence-electron chi connectivity index (χ0n) is 17.2. The Labute approximate surface area is 177 Å². The molecule has 0 N–H and O–H groups in total. The minimum absolute atomic E-state index is 0.0278. The third kappa shape index (κ3) is 4.53. The number of aromatic nitrogens is 1. The van der Waals surface area contributed by atoms with Crippen molar-refractivity contribution in [1.29, 1.82) is 0 Å². The van der Waals surface area contributed by atoms with E-state index in [9.17, 15) is 9.59 Å². The van der Waals surface area contributed by atoms with E-state index < -0.39 is 0 Å². The van der Waals surface area contributed by atoms with Crippen LogP contribution in [0.25, 0.3) is 6.08 Å². The molecule has 6 nitrogen and oxygen atoms in total. The minimum Gasteiger partial charge on any atom is -0.497 e. The number of fused-ring (bicyclic) bond motifs is 1. The molecule has 3 heterocycles. The van der Waals surface area contributed by atoms with Crippen LogP contribution in [0.2, 0.25) is 0 Å². The fourth-order valence-corrected chi connectivity index (χ4v) is 4.43. The van der Waals surface area contributed by atoms with E-state index in [1.54, 1.807) is 19.4 Å². The van der Waals surface area contributed by atoms with Crippen LogP contribution < -0.4 is 4.74 Å². The van der Waals surface area contributed by atoms with Gasteiger partial charge in [-0.1, -0.05) is 18.2 Å². The van der Waals surface area contributed by atoms with Gasteiger partial charge in [0, 0.05) is 50.6 Å². The molecule has 4 rings (SSSR count). The third-order valence-electron chi connectivity index (χ3n) is 6.07. The molecule has 0 saturated carbocycles. The number of hydrogen-bond donors (Lipinski definition) is 0. The van der Waals surface area contributed by atoms with Gasteiger partial charge in [-0.15, -0.1) is 0 Å². The first-order chi connectivity index (χ1) is 14.6. The number of likely N-dealkylation sites (tertiary alicyclic amines) is 2. The Balaban J connectivity index is 1.38. The summed E-state index contributed by atoms with van der Waals surface area (Å²) >= 11 is 0. The second-order valence-electron chi connectivity index (χ2n) is 7.93. The number of pyridine rings is 1. The molecule has 2 aliphatic rings. The van der Waals surface area contributed by atoms with Gasteiger partial charge >= 0.3 is 0 Å². The quantitative estimate of drug-likeness (QED) is 0.717. The van der Waals surface area contributed by atoms with Crippen molar-refractivity contribution in [3.05, 3.63) is 66.0 Å². The van der Waals surface area contributed by atoms with Crippen LogP contribution in [-0.4, -0.2) is 52.8 Å². The minimum atomic E-state index is 0.0278. The zero-order chi connectivity index (χ0) is 20.9. The number of carbonyl (C=O) groups excluding carboxylic acids is 2. The van der Waals surface area contributed by atoms with Crippen molar-refractivity contribution in [2.24, 2.45) is 5.92 Å². The molecule has 2 aromatic rings. The van der Waals surface area contributed by atoms with Gasteiger partial charge in [0.15, 0.2) is 0 Å². The first kappa shape index (κ1) is 20.1. The number of amides is 2. The van der Waals surface area contributed by atoms with Crippen molar-refractivity contribution in [2.45, 2.75) is 31.8 Å². The van der Waals surface area contributed by atoms with Gasteiger partial charge in [-0.25, -0.2) is 0 Å². The van der Waals surface area contributed by atoms with Crippen molar-refractivity contribution in [3.63, 3.8) is 0 Å². The summed E-state index contributed by atoms with van der Waals surface area (Å²) in [7, 11) is 1.63. The van der Waals surface area contributed by atoms with Gasteiger partial charge in [0.05, 0.1) is 7.11 Å². The van der Waals surface area contributed by atoms with Crippen molar-refractivity contribution < 1.29 is 14.3 Å². The Morgan fingerprint density at radius 3 is 2.80 bits per heavy atom. The average Bonchev–Trinajstić information content (AvgIpc) is 2.80. The molecule has 1 aromatic carbocycles. The van der Waals surface area contributed by atoms with Crippen molar-refractivity contribution in [2.75, 3.05) is 20.2 Å². The predicted octanol–water partition coefficient (Wildman–Crippen LogP) is 3.14. The average molecular weight is 405 g/mol. The number of nitrogens with zero attached hydrogens (tertiary/aromatic N) is 3. The second-order valence-corrected chi connectivity index (χ2v) is 7.93. The molecule has 2 fully saturated rings. The Kier molecular flexibility index (Phi) is 6.12. The second kappa shape index (κ2) is 9.11. The summed E-state index contributed by atoms with van der Waals surface area (Å²) in [5, 5.41) is 0. The lowest BCUT2D eigenvalue weighted by atomic mass is 9.83. The number of carbonyl (C=O) groups is 2. The van der Waals surface area contributed by atoms with Gasteiger partial charge in [0.25, 0.3) is 0 Å². The molecule has 1 aromatic heterocycles. The van der Waals surface area contributed by atoms with Crippen LogP contribution in [0.4, 0.5) is 0 Å². The van der Waals surface area contributed by atoms with E-state index >= 15 is 0 Å². The Hall–Kier alpha value is -3.15. The molecule has 0 spiro atoms. The molecule has 0 bridgehead atoms. The molecule has 2 aliphatic heterocycles. The number of rotatable bonds is 5. The predicted molar refractivity (Wildman–Crippen MR) is 115 cm³/mol. The molecule has 0 aliphatic carbocycles. The highest BCUT2D eigenvalue weighted by Crippen LogP contribution is 2.32. The zero-order valence-corrected chi connectivity index (χ0v) is 17.2. The van der Waals surface area contributed by atoms with Crippen LogP contribution >= 0.6 is 0 Å². The standard InChI is InChI=1S/C24H27N3O3/c1-30-21-8-4-18(5-9-21)6-10-23(28)26-14-12-22-20(17-26)7-11-24(29)27(22)16-19-3-2-13-25-15-19/h2-6,8-10,13,15,20,22H,7,11-12,14,16-17H2,1H3/b10-6+/t20-,22+/m1/s1. The van der Waals surface area contributed by atoms with Gasteiger partial charge in [0.2, 0.25) is 11.8 Å². The molecule has 6 heteroatoms. The van der Waals surface area contributed by atoms with E-state index in [-0.39, 0.29) is 17.9 Å². The summed E-state index contributed by atoms with van der Waals surface area (Å²) in [6, 6.07) is 11.7. The largest absolute Gasteiger partial charge is 0.497 e. The highest BCUT2D eigenvalue weighted by Gasteiger charge is 2.39. The SMILES string of the molecule is COc1ccc(/C=C/C(=O)N2CC[C@H]3[C@H](CCC(=O)N3Cc3cccnc3)C2)cc1. The van der Waals surface area contributed by atoms with E-state index in [1.165, 1.54) is 0 Å². The number of methoxy groups -OCH3 is 1. The molecule has 156 valence electrons. The maximum absolute atomic E-state index is 12.7. The topological polar surface area (TPSA) is 62.7 Å². The lowest BCUT2D eigenvalue weighted by molar-refractivity contribution is -0.143. The number of piperidine rings is 2. The summed E-state index contributed by atoms with van der Waals surface area (Å²) in [5.74, 6) is 1.36. The maximum Gasteiger partial charge on any atom is 0.246 e. The summed E-state index contributed by atoms with van der Waals surface area (Å²) in [5.41, 5.74) is 2.01. The lowest BCUT2D eigenvalue weighted by Gasteiger charge is -2.47. The lowest BCUT2D eigenvalue weighted by Crippen LogP contribution is -2.56. The highest BCUT2D eigenvalue weighted by atomic mass is 16.5. The summed E-state index contributed by atoms with van der Waals surface area (Å²) in [4.78, 5) is 33.4. The summed E-state index contributed by atoms with van der Waals surface area (Å²) in [6.45, 7) is 1.97. The van der Waals surface area contributed by atoms with E-state index in [2.05, 4.69) is 4.98 Å². The first-order valence-corrected chi connectivity index (χ1v) is 10.4. The Morgan fingerprint density at radius 2 is 2.07 bits per heavy atom. The van der Waals surface area contributed by atoms with Crippen LogP contribution in [0.15, 0.2) is 54.9 Å². The number of ether oxygens (including phenoxy) is 1. The molecule has 0 unspecified atom stereocenters. The smallest absolute Gasteiger partial charge is 0.246 e. The van der Waals surface area contributed by atoms with E-state index in [1.807, 2.05) is 58.5 Å². The van der Waals surface area contributed by atoms with Gasteiger partial charge in [-0.05, 0) is 54.2 Å². The van der Waals surface area contributed by atoms with E-state index in [4.69, 9.17) is 4.74 Å². The van der Waals surface area contributed by atoms with Crippen molar-refractivity contribution in [3.8, 4) is 5.75 Å². The van der Waals surface area contributed by atoms with E-state index in [0.29, 0.717) is 32.0 Å². The monoisotopic (exact) mass is 405 g/mol. The van der Waals surface area contributed by atoms with E-state index in [0.717, 1.165) is 29.7 Å². The molecule has 2 amide bonds. The van der Waals surface area contributed by atoms with Gasteiger partial charge in [-0.2, -0.15) is 0 Å². The number of benzene rings is 1. The Bertz CT molecular complexity index is 911. The first-order valence-electron chi connectivity index (χ1n) is 10.4. The normalized spacial score (nSPS) is 21.6. The highest BCUT2D eigenvalue weighted by molar-refractivity contribution is 5.92. The van der Waals surface area contributed by atoms with Crippen molar-refractivity contribution >= 4 is 17.9 Å². The molecular formula is C24H27N3O3. The molecular weight excluding hydrogens is 378 g/mol. The molecule has 0 radical (unpaired) electrons. The van der Waals surface area contributed by atoms with Crippen molar-refractivity contribution in [1.82, 2.24) is 14.8 Å². The van der Waals surface area contributed by atoms with Crippen LogP contribution in [0.3, 0.4) is 0 Å². The van der Waals surface area contributed by atoms with Crippen LogP contribution in [0.5, 0.6) is 5.75 Å². The molecule has 2 atom stereocenters. The van der Waals surface area contributed by atoms with Gasteiger partial charge < -0.3 is 14.5 Å². The fraction of sp³-hybridized carbons (Fsp3) is 0.375. The van der Waals surface area contributed by atoms with Gasteiger partial charge in [0.1, 0.15) is 5.75 Å². The van der Waals surface area contributed by atoms with Crippen LogP contribution in [0, 0.1) is 5.92 Å². The Morgan fingerprint density at radius 1 is 1.23 bits per heavy atom. The van der Waals surface area contributed by atoms with Crippen LogP contribution in [0.1, 0.15) is 30.4 Å². The third-order valence-corrected chi connectivity index (χ3v) is 6.07. The summed E-state index contributed by atoms with van der Waals surface area (Å²) in [6.07, 6.45) is 9.26. The van der Waals surface area contributed by atoms with Gasteiger partial charge in [-0.3, -0.25) is 14.6 Å². The van der Waals surface area contributed by atoms with Crippen LogP contribution in [-0.2, 0) is 16.1 Å².